The summed E-state index contributed by atoms with van der Waals surface area (Å²) in [4.78, 5) is 1.23. The third kappa shape index (κ3) is 3.08. The average molecular weight is 259 g/mol. The Kier molecular flexibility index (Phi) is 3.70. The number of benzene rings is 1. The maximum atomic E-state index is 10.2. The number of hydrogen-bond acceptors (Lipinski definition) is 1. The van der Waals surface area contributed by atoms with E-state index in [1.165, 1.54) is 4.90 Å². The molecule has 3 heteroatoms. The maximum Gasteiger partial charge on any atom is 0.135 e. The third-order valence-electron chi connectivity index (χ3n) is 2.16. The lowest BCUT2D eigenvalue weighted by Gasteiger charge is -2.25. The molecule has 0 spiro atoms. The Morgan fingerprint density at radius 1 is 1.29 bits per heavy atom. The molecular weight excluding hydrogens is 242 g/mol. The molecule has 0 saturated carbocycles. The van der Waals surface area contributed by atoms with Crippen LogP contribution in [0, 0.1) is 0 Å². The van der Waals surface area contributed by atoms with Gasteiger partial charge in [-0.15, -0.1) is 0 Å². The number of halogens is 1. The number of aliphatic hydroxyl groups is 1. The summed E-state index contributed by atoms with van der Waals surface area (Å²) < 4.78 is 1.04. The van der Waals surface area contributed by atoms with Gasteiger partial charge in [0, 0.05) is 4.47 Å². The normalized spacial score (nSPS) is 15.6. The van der Waals surface area contributed by atoms with E-state index in [1.54, 1.807) is 0 Å². The monoisotopic (exact) mass is 258 g/mol. The first-order valence-corrected chi connectivity index (χ1v) is 5.48. The second kappa shape index (κ2) is 4.43. The van der Waals surface area contributed by atoms with Crippen LogP contribution in [0.4, 0.5) is 0 Å². The van der Waals surface area contributed by atoms with Gasteiger partial charge in [0.15, 0.2) is 0 Å². The van der Waals surface area contributed by atoms with Crippen molar-refractivity contribution in [1.29, 1.82) is 0 Å². The second-order valence-corrected chi connectivity index (χ2v) is 5.08. The van der Waals surface area contributed by atoms with E-state index >= 15 is 0 Å². The number of likely N-dealkylation sites (N-methyl/N-ethyl adjacent to an activating group) is 1. The smallest absolute Gasteiger partial charge is 0.135 e. The molecule has 0 aliphatic carbocycles. The Balaban J connectivity index is 2.86. The number of hydrogen-bond donors (Lipinski definition) is 2. The highest BCUT2D eigenvalue weighted by Gasteiger charge is 2.26. The molecule has 0 fully saturated rings. The average Bonchev–Trinajstić information content (AvgIpc) is 2.02. The topological polar surface area (TPSA) is 24.7 Å². The summed E-state index contributed by atoms with van der Waals surface area (Å²) in [6.07, 6.45) is 0. The zero-order chi connectivity index (χ0) is 10.8. The first-order chi connectivity index (χ1) is 6.42. The van der Waals surface area contributed by atoms with Gasteiger partial charge in [-0.3, -0.25) is 0 Å². The van der Waals surface area contributed by atoms with Crippen molar-refractivity contribution in [3.8, 4) is 0 Å². The molecule has 1 rings (SSSR count). The van der Waals surface area contributed by atoms with Crippen LogP contribution in [0.3, 0.4) is 0 Å². The molecule has 14 heavy (non-hydrogen) atoms. The maximum absolute atomic E-state index is 10.2. The van der Waals surface area contributed by atoms with Crippen LogP contribution >= 0.6 is 15.9 Å². The molecule has 2 nitrogen and oxygen atoms in total. The van der Waals surface area contributed by atoms with Crippen molar-refractivity contribution in [3.05, 3.63) is 34.3 Å². The predicted octanol–water partition coefficient (Wildman–Crippen LogP) is 0.801. The summed E-state index contributed by atoms with van der Waals surface area (Å²) in [5, 5.41) is 10.2. The first kappa shape index (κ1) is 11.7. The van der Waals surface area contributed by atoms with Crippen LogP contribution in [0.15, 0.2) is 28.7 Å². The fourth-order valence-electron chi connectivity index (χ4n) is 1.60. The molecule has 0 unspecified atom stereocenters. The molecule has 0 amide bonds. The largest absolute Gasteiger partial charge is 0.380 e. The van der Waals surface area contributed by atoms with E-state index in [4.69, 9.17) is 0 Å². The molecule has 1 aromatic rings. The van der Waals surface area contributed by atoms with E-state index in [-0.39, 0.29) is 0 Å². The van der Waals surface area contributed by atoms with Crippen molar-refractivity contribution in [2.75, 3.05) is 20.6 Å². The van der Waals surface area contributed by atoms with Gasteiger partial charge in [0.2, 0.25) is 0 Å². The molecule has 0 aliphatic rings. The minimum Gasteiger partial charge on any atom is -0.380 e. The summed E-state index contributed by atoms with van der Waals surface area (Å²) in [5.41, 5.74) is 0.210. The summed E-state index contributed by atoms with van der Waals surface area (Å²) >= 11 is 3.38. The standard InChI is InChI=1S/C11H16BrNO/c1-11(14,8-13(2)3)9-4-6-10(12)7-5-9/h4-7,14H,8H2,1-3H3/p+1/t11-/m0/s1. The highest BCUT2D eigenvalue weighted by atomic mass is 79.9. The fraction of sp³-hybridized carbons (Fsp3) is 0.455. The van der Waals surface area contributed by atoms with Gasteiger partial charge in [0.25, 0.3) is 0 Å². The Morgan fingerprint density at radius 3 is 2.21 bits per heavy atom. The van der Waals surface area contributed by atoms with E-state index in [1.807, 2.05) is 45.3 Å². The Morgan fingerprint density at radius 2 is 1.79 bits per heavy atom. The van der Waals surface area contributed by atoms with E-state index in [0.717, 1.165) is 10.0 Å². The summed E-state index contributed by atoms with van der Waals surface area (Å²) in [5.74, 6) is 0. The lowest BCUT2D eigenvalue weighted by molar-refractivity contribution is -0.866. The van der Waals surface area contributed by atoms with Crippen molar-refractivity contribution in [2.45, 2.75) is 12.5 Å². The minimum atomic E-state index is -0.750. The lowest BCUT2D eigenvalue weighted by atomic mass is 9.96. The van der Waals surface area contributed by atoms with Crippen LogP contribution in [0.2, 0.25) is 0 Å². The highest BCUT2D eigenvalue weighted by molar-refractivity contribution is 9.10. The van der Waals surface area contributed by atoms with Gasteiger partial charge in [-0.05, 0) is 24.6 Å². The highest BCUT2D eigenvalue weighted by Crippen LogP contribution is 2.20. The Hall–Kier alpha value is -0.380. The minimum absolute atomic E-state index is 0.703. The van der Waals surface area contributed by atoms with E-state index in [0.29, 0.717) is 6.54 Å². The van der Waals surface area contributed by atoms with Crippen molar-refractivity contribution in [1.82, 2.24) is 0 Å². The molecule has 0 heterocycles. The van der Waals surface area contributed by atoms with E-state index < -0.39 is 5.60 Å². The van der Waals surface area contributed by atoms with E-state index in [2.05, 4.69) is 15.9 Å². The number of rotatable bonds is 3. The predicted molar refractivity (Wildman–Crippen MR) is 61.4 cm³/mol. The summed E-state index contributed by atoms with van der Waals surface area (Å²) in [6, 6.07) is 7.81. The second-order valence-electron chi connectivity index (χ2n) is 4.16. The molecule has 0 bridgehead atoms. The molecular formula is C11H17BrNO+. The molecule has 1 aromatic carbocycles. The fourth-order valence-corrected chi connectivity index (χ4v) is 1.86. The molecule has 1 atom stereocenters. The van der Waals surface area contributed by atoms with Crippen molar-refractivity contribution < 1.29 is 10.0 Å². The molecule has 0 aliphatic heterocycles. The van der Waals surface area contributed by atoms with Crippen LogP contribution < -0.4 is 4.90 Å². The number of quaternary nitrogens is 1. The Labute approximate surface area is 93.7 Å². The van der Waals surface area contributed by atoms with Crippen LogP contribution in [0.5, 0.6) is 0 Å². The van der Waals surface area contributed by atoms with E-state index in [9.17, 15) is 5.11 Å². The van der Waals surface area contributed by atoms with Crippen LogP contribution in [-0.2, 0) is 5.60 Å². The third-order valence-corrected chi connectivity index (χ3v) is 2.69. The lowest BCUT2D eigenvalue weighted by Crippen LogP contribution is -3.07. The van der Waals surface area contributed by atoms with Crippen LogP contribution in [0.25, 0.3) is 0 Å². The molecule has 0 saturated heterocycles. The van der Waals surface area contributed by atoms with Gasteiger partial charge in [0.1, 0.15) is 12.1 Å². The van der Waals surface area contributed by atoms with Gasteiger partial charge in [-0.2, -0.15) is 0 Å². The first-order valence-electron chi connectivity index (χ1n) is 4.69. The van der Waals surface area contributed by atoms with Gasteiger partial charge in [-0.1, -0.05) is 28.1 Å². The van der Waals surface area contributed by atoms with Gasteiger partial charge < -0.3 is 10.0 Å². The quantitative estimate of drug-likeness (QED) is 0.824. The van der Waals surface area contributed by atoms with Gasteiger partial charge in [0.05, 0.1) is 14.1 Å². The van der Waals surface area contributed by atoms with Crippen molar-refractivity contribution >= 4 is 15.9 Å². The Bertz CT molecular complexity index is 293. The number of nitrogens with one attached hydrogen (secondary N) is 1. The van der Waals surface area contributed by atoms with Crippen molar-refractivity contribution in [3.63, 3.8) is 0 Å². The van der Waals surface area contributed by atoms with Gasteiger partial charge >= 0.3 is 0 Å². The van der Waals surface area contributed by atoms with Gasteiger partial charge in [-0.25, -0.2) is 0 Å². The summed E-state index contributed by atoms with van der Waals surface area (Å²) in [6.45, 7) is 2.55. The van der Waals surface area contributed by atoms with Crippen LogP contribution in [-0.4, -0.2) is 25.7 Å². The van der Waals surface area contributed by atoms with Crippen LogP contribution in [0.1, 0.15) is 12.5 Å². The molecule has 78 valence electrons. The molecule has 0 radical (unpaired) electrons. The van der Waals surface area contributed by atoms with Crippen molar-refractivity contribution in [2.24, 2.45) is 0 Å². The summed E-state index contributed by atoms with van der Waals surface area (Å²) in [7, 11) is 4.07. The molecule has 2 N–H and O–H groups in total. The molecule has 0 aromatic heterocycles. The zero-order valence-corrected chi connectivity index (χ0v) is 10.4. The SMILES string of the molecule is C[NH+](C)C[C@](C)(O)c1ccc(Br)cc1. The zero-order valence-electron chi connectivity index (χ0n) is 8.84.